The Bertz CT molecular complexity index is 540. The quantitative estimate of drug-likeness (QED) is 0.878. The van der Waals surface area contributed by atoms with Crippen molar-refractivity contribution in [1.82, 2.24) is 10.9 Å². The van der Waals surface area contributed by atoms with Gasteiger partial charge in [-0.25, -0.2) is 5.43 Å². The second kappa shape index (κ2) is 4.96. The fraction of sp³-hybridized carbons (Fsp3) is 0.200. The number of hydrogen-bond acceptors (Lipinski definition) is 3. The first kappa shape index (κ1) is 11.5. The number of aryl methyl sites for hydroxylation is 1. The molecule has 0 spiro atoms. The molecule has 0 aliphatic carbocycles. The van der Waals surface area contributed by atoms with E-state index in [1.807, 2.05) is 0 Å². The molecule has 92 valence electrons. The Morgan fingerprint density at radius 3 is 2.67 bits per heavy atom. The molecule has 18 heavy (non-hydrogen) atoms. The summed E-state index contributed by atoms with van der Waals surface area (Å²) in [4.78, 5) is 1.27. The van der Waals surface area contributed by atoms with E-state index in [-0.39, 0.29) is 6.04 Å². The van der Waals surface area contributed by atoms with Crippen molar-refractivity contribution in [2.24, 2.45) is 0 Å². The minimum atomic E-state index is 0.257. The zero-order valence-electron chi connectivity index (χ0n) is 10.3. The predicted octanol–water partition coefficient (Wildman–Crippen LogP) is 3.50. The van der Waals surface area contributed by atoms with Crippen LogP contribution >= 0.6 is 11.3 Å². The molecule has 0 saturated heterocycles. The van der Waals surface area contributed by atoms with Crippen molar-refractivity contribution in [2.45, 2.75) is 19.4 Å². The summed E-state index contributed by atoms with van der Waals surface area (Å²) >= 11 is 1.75. The van der Waals surface area contributed by atoms with Crippen LogP contribution in [0, 0.1) is 0 Å². The number of benzene rings is 1. The van der Waals surface area contributed by atoms with E-state index in [0.717, 1.165) is 6.42 Å². The molecule has 0 bridgehead atoms. The second-order valence-electron chi connectivity index (χ2n) is 4.40. The molecule has 2 heterocycles. The molecule has 1 atom stereocenters. The van der Waals surface area contributed by atoms with E-state index in [9.17, 15) is 0 Å². The van der Waals surface area contributed by atoms with Gasteiger partial charge >= 0.3 is 0 Å². The van der Waals surface area contributed by atoms with Gasteiger partial charge in [-0.1, -0.05) is 37.3 Å². The molecule has 0 saturated carbocycles. The molecule has 1 aromatic carbocycles. The lowest BCUT2D eigenvalue weighted by atomic mass is 10.0. The Kier molecular flexibility index (Phi) is 3.17. The van der Waals surface area contributed by atoms with E-state index in [1.54, 1.807) is 11.3 Å². The van der Waals surface area contributed by atoms with Crippen LogP contribution in [-0.2, 0) is 6.42 Å². The van der Waals surface area contributed by atoms with Gasteiger partial charge in [-0.15, -0.1) is 11.3 Å². The van der Waals surface area contributed by atoms with Crippen LogP contribution in [0.3, 0.4) is 0 Å². The third-order valence-corrected chi connectivity index (χ3v) is 4.13. The summed E-state index contributed by atoms with van der Waals surface area (Å²) in [5, 5.41) is 2.10. The molecule has 3 heteroatoms. The van der Waals surface area contributed by atoms with Crippen molar-refractivity contribution in [3.05, 3.63) is 63.9 Å². The zero-order chi connectivity index (χ0) is 12.4. The molecular weight excluding hydrogens is 240 g/mol. The van der Waals surface area contributed by atoms with Gasteiger partial charge < -0.3 is 5.43 Å². The lowest BCUT2D eigenvalue weighted by Crippen LogP contribution is -2.26. The van der Waals surface area contributed by atoms with Gasteiger partial charge in [0.25, 0.3) is 0 Å². The van der Waals surface area contributed by atoms with Crippen molar-refractivity contribution in [2.75, 3.05) is 0 Å². The summed E-state index contributed by atoms with van der Waals surface area (Å²) in [6.07, 6.45) is 3.33. The molecule has 3 rings (SSSR count). The van der Waals surface area contributed by atoms with Gasteiger partial charge in [-0.3, -0.25) is 0 Å². The van der Waals surface area contributed by atoms with E-state index in [4.69, 9.17) is 0 Å². The molecule has 0 fully saturated rings. The van der Waals surface area contributed by atoms with E-state index >= 15 is 0 Å². The van der Waals surface area contributed by atoms with Crippen molar-refractivity contribution in [3.63, 3.8) is 0 Å². The number of hydrazine groups is 1. The fourth-order valence-electron chi connectivity index (χ4n) is 2.12. The highest BCUT2D eigenvalue weighted by atomic mass is 32.1. The Hall–Kier alpha value is -1.58. The van der Waals surface area contributed by atoms with Crippen LogP contribution in [0.15, 0.2) is 47.9 Å². The first-order chi connectivity index (χ1) is 8.86. The minimum absolute atomic E-state index is 0.257. The number of nitrogens with one attached hydrogen (secondary N) is 2. The maximum absolute atomic E-state index is 3.31. The summed E-state index contributed by atoms with van der Waals surface area (Å²) < 4.78 is 0. The summed E-state index contributed by atoms with van der Waals surface area (Å²) in [5.74, 6) is 0. The van der Waals surface area contributed by atoms with E-state index in [2.05, 4.69) is 65.6 Å². The third-order valence-electron chi connectivity index (χ3n) is 3.23. The van der Waals surface area contributed by atoms with Gasteiger partial charge in [-0.2, -0.15) is 0 Å². The molecule has 2 nitrogen and oxygen atoms in total. The van der Waals surface area contributed by atoms with Crippen LogP contribution in [0.2, 0.25) is 0 Å². The average molecular weight is 256 g/mol. The monoisotopic (exact) mass is 256 g/mol. The highest BCUT2D eigenvalue weighted by Gasteiger charge is 2.17. The molecule has 1 unspecified atom stereocenters. The summed E-state index contributed by atoms with van der Waals surface area (Å²) in [7, 11) is 0. The highest BCUT2D eigenvalue weighted by molar-refractivity contribution is 7.11. The number of hydrogen-bond donors (Lipinski definition) is 2. The Labute approximate surface area is 111 Å². The molecule has 1 aromatic heterocycles. The molecule has 1 aliphatic heterocycles. The van der Waals surface area contributed by atoms with Gasteiger partial charge in [-0.05, 0) is 35.1 Å². The Morgan fingerprint density at radius 2 is 2.00 bits per heavy atom. The lowest BCUT2D eigenvalue weighted by molar-refractivity contribution is 0.616. The van der Waals surface area contributed by atoms with E-state index in [0.29, 0.717) is 0 Å². The van der Waals surface area contributed by atoms with Crippen LogP contribution < -0.4 is 10.9 Å². The SMILES string of the molecule is CCc1ccc(C2C=C(c3cccs3)NN2)cc1. The number of rotatable bonds is 3. The van der Waals surface area contributed by atoms with E-state index < -0.39 is 0 Å². The largest absolute Gasteiger partial charge is 0.319 e. The van der Waals surface area contributed by atoms with Crippen LogP contribution in [0.1, 0.15) is 29.0 Å². The van der Waals surface area contributed by atoms with Crippen molar-refractivity contribution >= 4 is 17.0 Å². The molecule has 0 amide bonds. The minimum Gasteiger partial charge on any atom is -0.319 e. The highest BCUT2D eigenvalue weighted by Crippen LogP contribution is 2.26. The zero-order valence-corrected chi connectivity index (χ0v) is 11.1. The van der Waals surface area contributed by atoms with Gasteiger partial charge in [0.1, 0.15) is 0 Å². The van der Waals surface area contributed by atoms with E-state index in [1.165, 1.54) is 21.7 Å². The standard InChI is InChI=1S/C15H16N2S/c1-2-11-5-7-12(8-6-11)13-10-14(17-16-13)15-4-3-9-18-15/h3-10,13,16-17H,2H2,1H3. The molecule has 2 aromatic rings. The maximum atomic E-state index is 3.31. The number of thiophene rings is 1. The Morgan fingerprint density at radius 1 is 1.17 bits per heavy atom. The topological polar surface area (TPSA) is 24.1 Å². The van der Waals surface area contributed by atoms with Gasteiger partial charge in [0.05, 0.1) is 16.6 Å². The van der Waals surface area contributed by atoms with Crippen LogP contribution in [0.5, 0.6) is 0 Å². The maximum Gasteiger partial charge on any atom is 0.0714 e. The lowest BCUT2D eigenvalue weighted by Gasteiger charge is -2.09. The van der Waals surface area contributed by atoms with Crippen LogP contribution in [0.25, 0.3) is 5.70 Å². The molecule has 2 N–H and O–H groups in total. The molecule has 0 radical (unpaired) electrons. The second-order valence-corrected chi connectivity index (χ2v) is 5.35. The first-order valence-corrected chi connectivity index (χ1v) is 7.11. The van der Waals surface area contributed by atoms with Crippen LogP contribution in [-0.4, -0.2) is 0 Å². The smallest absolute Gasteiger partial charge is 0.0714 e. The third kappa shape index (κ3) is 2.19. The van der Waals surface area contributed by atoms with Crippen LogP contribution in [0.4, 0.5) is 0 Å². The van der Waals surface area contributed by atoms with Gasteiger partial charge in [0.15, 0.2) is 0 Å². The fourth-order valence-corrected chi connectivity index (χ4v) is 2.83. The van der Waals surface area contributed by atoms with Crippen molar-refractivity contribution in [3.8, 4) is 0 Å². The molecule has 1 aliphatic rings. The molecular formula is C15H16N2S. The first-order valence-electron chi connectivity index (χ1n) is 6.23. The van der Waals surface area contributed by atoms with Crippen molar-refractivity contribution < 1.29 is 0 Å². The summed E-state index contributed by atoms with van der Waals surface area (Å²) in [6, 6.07) is 13.3. The predicted molar refractivity (Wildman–Crippen MR) is 77.1 cm³/mol. The summed E-state index contributed by atoms with van der Waals surface area (Å²) in [5.41, 5.74) is 10.4. The van der Waals surface area contributed by atoms with Gasteiger partial charge in [0.2, 0.25) is 0 Å². The summed E-state index contributed by atoms with van der Waals surface area (Å²) in [6.45, 7) is 2.18. The normalized spacial score (nSPS) is 18.5. The average Bonchev–Trinajstić information content (AvgIpc) is 3.09. The van der Waals surface area contributed by atoms with Crippen molar-refractivity contribution in [1.29, 1.82) is 0 Å². The Balaban J connectivity index is 1.82. The van der Waals surface area contributed by atoms with Gasteiger partial charge in [0, 0.05) is 0 Å².